The quantitative estimate of drug-likeness (QED) is 0.627. The van der Waals surface area contributed by atoms with Gasteiger partial charge in [-0.2, -0.15) is 5.48 Å². The minimum absolute atomic E-state index is 0.261. The van der Waals surface area contributed by atoms with Crippen molar-refractivity contribution in [3.63, 3.8) is 0 Å². The maximum atomic E-state index is 12.3. The Bertz CT molecular complexity index is 197. The molecule has 54 valence electrons. The number of hydroxylamine groups is 1. The van der Waals surface area contributed by atoms with Gasteiger partial charge < -0.3 is 4.84 Å². The minimum Gasteiger partial charge on any atom is -0.409 e. The number of nitrogens with one attached hydrogen (secondary N) is 1. The fourth-order valence-corrected chi connectivity index (χ4v) is 0.620. The van der Waals surface area contributed by atoms with Crippen LogP contribution >= 0.6 is 0 Å². The first-order chi connectivity index (χ1) is 4.83. The van der Waals surface area contributed by atoms with Crippen molar-refractivity contribution in [2.45, 2.75) is 0 Å². The van der Waals surface area contributed by atoms with E-state index in [0.717, 1.165) is 0 Å². The van der Waals surface area contributed by atoms with Gasteiger partial charge in [-0.1, -0.05) is 0 Å². The molecule has 1 aromatic carbocycles. The van der Waals surface area contributed by atoms with E-state index in [1.165, 1.54) is 12.1 Å². The van der Waals surface area contributed by atoms with Crippen LogP contribution in [0.2, 0.25) is 0 Å². The van der Waals surface area contributed by atoms with Gasteiger partial charge in [0.25, 0.3) is 0 Å². The molecule has 0 saturated heterocycles. The van der Waals surface area contributed by atoms with Crippen molar-refractivity contribution < 1.29 is 9.23 Å². The lowest BCUT2D eigenvalue weighted by atomic mass is 10.3. The highest BCUT2D eigenvalue weighted by molar-refractivity contribution is 5.21. The Morgan fingerprint density at radius 3 is 2.40 bits per heavy atom. The van der Waals surface area contributed by atoms with Crippen LogP contribution in [0.25, 0.3) is 0 Å². The molecule has 0 aliphatic carbocycles. The third-order valence-corrected chi connectivity index (χ3v) is 1.03. The van der Waals surface area contributed by atoms with E-state index < -0.39 is 0 Å². The van der Waals surface area contributed by atoms with Gasteiger partial charge in [-0.05, 0) is 24.3 Å². The molecule has 0 amide bonds. The van der Waals surface area contributed by atoms with E-state index in [4.69, 9.17) is 4.84 Å². The van der Waals surface area contributed by atoms with Crippen molar-refractivity contribution in [1.29, 1.82) is 0 Å². The van der Waals surface area contributed by atoms with Gasteiger partial charge in [0, 0.05) is 7.05 Å². The second-order valence-corrected chi connectivity index (χ2v) is 1.76. The zero-order valence-electron chi connectivity index (χ0n) is 5.60. The van der Waals surface area contributed by atoms with Crippen LogP contribution in [0, 0.1) is 5.82 Å². The molecule has 10 heavy (non-hydrogen) atoms. The molecule has 0 aliphatic heterocycles. The molecule has 0 fully saturated rings. The fraction of sp³-hybridized carbons (Fsp3) is 0.143. The summed E-state index contributed by atoms with van der Waals surface area (Å²) in [6, 6.07) is 5.77. The van der Waals surface area contributed by atoms with Crippen molar-refractivity contribution in [3.05, 3.63) is 30.1 Å². The summed E-state index contributed by atoms with van der Waals surface area (Å²) in [6.07, 6.45) is 0. The first-order valence-electron chi connectivity index (χ1n) is 2.92. The summed E-state index contributed by atoms with van der Waals surface area (Å²) in [6.45, 7) is 0. The van der Waals surface area contributed by atoms with Crippen LogP contribution in [-0.2, 0) is 0 Å². The van der Waals surface area contributed by atoms with Gasteiger partial charge in [0.05, 0.1) is 0 Å². The molecular formula is C7H8FNO. The third-order valence-electron chi connectivity index (χ3n) is 1.03. The first kappa shape index (κ1) is 7.02. The van der Waals surface area contributed by atoms with E-state index in [1.807, 2.05) is 0 Å². The topological polar surface area (TPSA) is 21.3 Å². The van der Waals surface area contributed by atoms with E-state index in [1.54, 1.807) is 19.2 Å². The molecule has 1 N–H and O–H groups in total. The average Bonchev–Trinajstić information content (AvgIpc) is 1.95. The van der Waals surface area contributed by atoms with E-state index in [0.29, 0.717) is 5.75 Å². The highest BCUT2D eigenvalue weighted by atomic mass is 19.1. The minimum atomic E-state index is -0.261. The Morgan fingerprint density at radius 1 is 1.30 bits per heavy atom. The monoisotopic (exact) mass is 141 g/mol. The largest absolute Gasteiger partial charge is 0.409 e. The summed E-state index contributed by atoms with van der Waals surface area (Å²) in [5.74, 6) is 0.340. The summed E-state index contributed by atoms with van der Waals surface area (Å²) < 4.78 is 12.3. The second kappa shape index (κ2) is 3.17. The molecule has 0 aliphatic rings. The average molecular weight is 141 g/mol. The normalized spacial score (nSPS) is 9.40. The maximum Gasteiger partial charge on any atom is 0.147 e. The molecule has 2 nitrogen and oxygen atoms in total. The molecule has 0 heterocycles. The van der Waals surface area contributed by atoms with E-state index in [2.05, 4.69) is 5.48 Å². The smallest absolute Gasteiger partial charge is 0.147 e. The van der Waals surface area contributed by atoms with E-state index in [9.17, 15) is 4.39 Å². The molecule has 0 radical (unpaired) electrons. The zero-order valence-corrected chi connectivity index (χ0v) is 5.60. The van der Waals surface area contributed by atoms with Crippen molar-refractivity contribution in [3.8, 4) is 5.75 Å². The Morgan fingerprint density at radius 2 is 1.90 bits per heavy atom. The summed E-state index contributed by atoms with van der Waals surface area (Å²) in [5, 5.41) is 0. The van der Waals surface area contributed by atoms with Gasteiger partial charge in [0.15, 0.2) is 0 Å². The summed E-state index contributed by atoms with van der Waals surface area (Å²) in [5.41, 5.74) is 2.48. The summed E-state index contributed by atoms with van der Waals surface area (Å²) in [4.78, 5) is 4.84. The molecule has 1 rings (SSSR count). The molecule has 0 unspecified atom stereocenters. The molecule has 0 atom stereocenters. The van der Waals surface area contributed by atoms with Crippen LogP contribution in [0.15, 0.2) is 24.3 Å². The molecule has 0 spiro atoms. The first-order valence-corrected chi connectivity index (χ1v) is 2.92. The van der Waals surface area contributed by atoms with Crippen molar-refractivity contribution in [2.75, 3.05) is 7.05 Å². The van der Waals surface area contributed by atoms with Gasteiger partial charge in [0.1, 0.15) is 11.6 Å². The van der Waals surface area contributed by atoms with E-state index in [-0.39, 0.29) is 5.82 Å². The molecule has 0 saturated carbocycles. The van der Waals surface area contributed by atoms with Crippen molar-refractivity contribution >= 4 is 0 Å². The molecule has 0 bridgehead atoms. The standard InChI is InChI=1S/C7H8FNO/c1-9-10-7-4-2-6(8)3-5-7/h2-5,9H,1H3. The number of benzene rings is 1. The Hall–Kier alpha value is -1.09. The summed E-state index contributed by atoms with van der Waals surface area (Å²) in [7, 11) is 1.64. The van der Waals surface area contributed by atoms with Crippen LogP contribution in [-0.4, -0.2) is 7.05 Å². The summed E-state index contributed by atoms with van der Waals surface area (Å²) >= 11 is 0. The van der Waals surface area contributed by atoms with Gasteiger partial charge in [-0.15, -0.1) is 0 Å². The van der Waals surface area contributed by atoms with Crippen LogP contribution in [0.4, 0.5) is 4.39 Å². The van der Waals surface area contributed by atoms with Crippen LogP contribution in [0.3, 0.4) is 0 Å². The van der Waals surface area contributed by atoms with Crippen molar-refractivity contribution in [2.24, 2.45) is 0 Å². The third kappa shape index (κ3) is 1.70. The van der Waals surface area contributed by atoms with Gasteiger partial charge >= 0.3 is 0 Å². The Labute approximate surface area is 58.6 Å². The van der Waals surface area contributed by atoms with Gasteiger partial charge in [-0.25, -0.2) is 4.39 Å². The molecule has 0 aromatic heterocycles. The van der Waals surface area contributed by atoms with Crippen LogP contribution in [0.5, 0.6) is 5.75 Å². The van der Waals surface area contributed by atoms with E-state index >= 15 is 0 Å². The lowest BCUT2D eigenvalue weighted by molar-refractivity contribution is 0.223. The highest BCUT2D eigenvalue weighted by Crippen LogP contribution is 2.08. The molecular weight excluding hydrogens is 133 g/mol. The van der Waals surface area contributed by atoms with Crippen LogP contribution in [0.1, 0.15) is 0 Å². The predicted molar refractivity (Wildman–Crippen MR) is 36.1 cm³/mol. The van der Waals surface area contributed by atoms with Gasteiger partial charge in [0.2, 0.25) is 0 Å². The fourth-order valence-electron chi connectivity index (χ4n) is 0.620. The second-order valence-electron chi connectivity index (χ2n) is 1.76. The number of hydrogen-bond donors (Lipinski definition) is 1. The van der Waals surface area contributed by atoms with Crippen molar-refractivity contribution in [1.82, 2.24) is 5.48 Å². The van der Waals surface area contributed by atoms with Gasteiger partial charge in [-0.3, -0.25) is 0 Å². The predicted octanol–water partition coefficient (Wildman–Crippen LogP) is 1.34. The SMILES string of the molecule is CNOc1ccc(F)cc1. The number of hydrogen-bond acceptors (Lipinski definition) is 2. The Kier molecular flexibility index (Phi) is 2.23. The van der Waals surface area contributed by atoms with Crippen LogP contribution < -0.4 is 10.3 Å². The lowest BCUT2D eigenvalue weighted by Gasteiger charge is -2.00. The maximum absolute atomic E-state index is 12.3. The Balaban J connectivity index is 2.69. The molecule has 1 aromatic rings. The lowest BCUT2D eigenvalue weighted by Crippen LogP contribution is -2.10. The number of halogens is 1. The highest BCUT2D eigenvalue weighted by Gasteiger charge is 1.90. The molecule has 3 heteroatoms. The zero-order chi connectivity index (χ0) is 7.40. The number of rotatable bonds is 2.